The highest BCUT2D eigenvalue weighted by molar-refractivity contribution is 7.89. The molecule has 1 saturated carbocycles. The van der Waals surface area contributed by atoms with E-state index in [1.54, 1.807) is 24.4 Å². The summed E-state index contributed by atoms with van der Waals surface area (Å²) in [7, 11) is -3.50. The molecule has 0 aliphatic heterocycles. The molecule has 2 aromatic rings. The molecule has 0 unspecified atom stereocenters. The molecule has 0 saturated heterocycles. The summed E-state index contributed by atoms with van der Waals surface area (Å²) in [6.07, 6.45) is 7.95. The number of pyridine rings is 1. The van der Waals surface area contributed by atoms with Crippen molar-refractivity contribution in [2.75, 3.05) is 0 Å². The molecule has 122 valence electrons. The summed E-state index contributed by atoms with van der Waals surface area (Å²) in [5.74, 6) is 0.585. The van der Waals surface area contributed by atoms with Crippen molar-refractivity contribution in [1.29, 1.82) is 0 Å². The van der Waals surface area contributed by atoms with Gasteiger partial charge in [0, 0.05) is 6.20 Å². The van der Waals surface area contributed by atoms with Gasteiger partial charge in [-0.25, -0.2) is 13.1 Å². The fraction of sp³-hybridized carbons (Fsp3) is 0.389. The van der Waals surface area contributed by atoms with Crippen molar-refractivity contribution in [2.45, 2.75) is 49.5 Å². The standard InChI is InChI=1S/C18H22N2O2S/c21-23(22,20-14-17-8-4-5-13-19-17)18-11-9-16(10-12-18)15-6-2-1-3-7-15/h4-5,8-13,15,20H,1-3,6-7,14H2. The van der Waals surface area contributed by atoms with Gasteiger partial charge in [-0.1, -0.05) is 37.5 Å². The Balaban J connectivity index is 1.67. The molecule has 0 radical (unpaired) electrons. The Morgan fingerprint density at radius 1 is 1.00 bits per heavy atom. The lowest BCUT2D eigenvalue weighted by Gasteiger charge is -2.22. The molecule has 3 rings (SSSR count). The Hall–Kier alpha value is -1.72. The second-order valence-corrected chi connectivity index (χ2v) is 7.82. The van der Waals surface area contributed by atoms with Crippen molar-refractivity contribution in [3.63, 3.8) is 0 Å². The van der Waals surface area contributed by atoms with Gasteiger partial charge in [-0.3, -0.25) is 4.98 Å². The van der Waals surface area contributed by atoms with Gasteiger partial charge in [0.25, 0.3) is 0 Å². The summed E-state index contributed by atoms with van der Waals surface area (Å²) in [4.78, 5) is 4.44. The maximum absolute atomic E-state index is 12.4. The third-order valence-electron chi connectivity index (χ3n) is 4.44. The molecule has 23 heavy (non-hydrogen) atoms. The molecule has 0 atom stereocenters. The highest BCUT2D eigenvalue weighted by Crippen LogP contribution is 2.32. The third kappa shape index (κ3) is 4.18. The Morgan fingerprint density at radius 3 is 2.39 bits per heavy atom. The van der Waals surface area contributed by atoms with E-state index in [0.29, 0.717) is 16.5 Å². The lowest BCUT2D eigenvalue weighted by molar-refractivity contribution is 0.443. The minimum absolute atomic E-state index is 0.202. The minimum atomic E-state index is -3.50. The van der Waals surface area contributed by atoms with Gasteiger partial charge in [0.15, 0.2) is 0 Å². The van der Waals surface area contributed by atoms with Crippen molar-refractivity contribution < 1.29 is 8.42 Å². The van der Waals surface area contributed by atoms with Gasteiger partial charge in [0.05, 0.1) is 17.1 Å². The maximum atomic E-state index is 12.4. The predicted octanol–water partition coefficient (Wildman–Crippen LogP) is 3.61. The van der Waals surface area contributed by atoms with E-state index in [1.165, 1.54) is 37.7 Å². The SMILES string of the molecule is O=S(=O)(NCc1ccccn1)c1ccc(C2CCCCC2)cc1. The molecule has 0 amide bonds. The largest absolute Gasteiger partial charge is 0.260 e. The van der Waals surface area contributed by atoms with Crippen LogP contribution < -0.4 is 4.72 Å². The van der Waals surface area contributed by atoms with Gasteiger partial charge < -0.3 is 0 Å². The normalized spacial score (nSPS) is 16.3. The van der Waals surface area contributed by atoms with Crippen LogP contribution in [-0.4, -0.2) is 13.4 Å². The molecule has 1 heterocycles. The Kier molecular flexibility index (Phi) is 5.08. The summed E-state index contributed by atoms with van der Waals surface area (Å²) in [5.41, 5.74) is 1.96. The molecule has 5 heteroatoms. The van der Waals surface area contributed by atoms with Crippen molar-refractivity contribution in [3.8, 4) is 0 Å². The van der Waals surface area contributed by atoms with Crippen LogP contribution in [0.25, 0.3) is 0 Å². The number of aromatic nitrogens is 1. The number of hydrogen-bond donors (Lipinski definition) is 1. The van der Waals surface area contributed by atoms with Crippen molar-refractivity contribution in [3.05, 3.63) is 59.9 Å². The molecule has 4 nitrogen and oxygen atoms in total. The zero-order chi connectivity index (χ0) is 16.1. The van der Waals surface area contributed by atoms with Crippen LogP contribution in [0.5, 0.6) is 0 Å². The molecular weight excluding hydrogens is 308 g/mol. The average Bonchev–Trinajstić information content (AvgIpc) is 2.62. The summed E-state index contributed by atoms with van der Waals surface area (Å²) >= 11 is 0. The molecule has 1 N–H and O–H groups in total. The fourth-order valence-electron chi connectivity index (χ4n) is 3.11. The van der Waals surface area contributed by atoms with Gasteiger partial charge in [-0.15, -0.1) is 0 Å². The molecule has 1 aromatic carbocycles. The first kappa shape index (κ1) is 16.1. The van der Waals surface area contributed by atoms with Crippen molar-refractivity contribution in [1.82, 2.24) is 9.71 Å². The molecule has 1 aliphatic carbocycles. The monoisotopic (exact) mass is 330 g/mol. The summed E-state index contributed by atoms with van der Waals surface area (Å²) in [5, 5.41) is 0. The van der Waals surface area contributed by atoms with Crippen LogP contribution in [0.3, 0.4) is 0 Å². The van der Waals surface area contributed by atoms with E-state index in [-0.39, 0.29) is 6.54 Å². The van der Waals surface area contributed by atoms with E-state index in [4.69, 9.17) is 0 Å². The van der Waals surface area contributed by atoms with Crippen LogP contribution in [0.15, 0.2) is 53.6 Å². The lowest BCUT2D eigenvalue weighted by Crippen LogP contribution is -2.23. The number of hydrogen-bond acceptors (Lipinski definition) is 3. The highest BCUT2D eigenvalue weighted by Gasteiger charge is 2.18. The molecule has 1 aliphatic rings. The Morgan fingerprint density at radius 2 is 1.74 bits per heavy atom. The second-order valence-electron chi connectivity index (χ2n) is 6.05. The molecule has 1 fully saturated rings. The quantitative estimate of drug-likeness (QED) is 0.911. The number of benzene rings is 1. The third-order valence-corrected chi connectivity index (χ3v) is 5.85. The van der Waals surface area contributed by atoms with Gasteiger partial charge in [0.2, 0.25) is 10.0 Å². The zero-order valence-corrected chi connectivity index (χ0v) is 13.9. The molecule has 0 bridgehead atoms. The van der Waals surface area contributed by atoms with Crippen LogP contribution >= 0.6 is 0 Å². The smallest absolute Gasteiger partial charge is 0.240 e. The van der Waals surface area contributed by atoms with Gasteiger partial charge >= 0.3 is 0 Å². The van der Waals surface area contributed by atoms with E-state index >= 15 is 0 Å². The Labute approximate surface area is 138 Å². The summed E-state index contributed by atoms with van der Waals surface area (Å²) in [6.45, 7) is 0.202. The summed E-state index contributed by atoms with van der Waals surface area (Å²) in [6, 6.07) is 12.8. The van der Waals surface area contributed by atoms with Gasteiger partial charge in [-0.05, 0) is 48.6 Å². The molecular formula is C18H22N2O2S. The van der Waals surface area contributed by atoms with Crippen molar-refractivity contribution in [2.24, 2.45) is 0 Å². The van der Waals surface area contributed by atoms with E-state index in [9.17, 15) is 8.42 Å². The van der Waals surface area contributed by atoms with Crippen LogP contribution in [0, 0.1) is 0 Å². The van der Waals surface area contributed by atoms with Crippen LogP contribution in [-0.2, 0) is 16.6 Å². The summed E-state index contributed by atoms with van der Waals surface area (Å²) < 4.78 is 27.3. The zero-order valence-electron chi connectivity index (χ0n) is 13.1. The van der Waals surface area contributed by atoms with Gasteiger partial charge in [0.1, 0.15) is 0 Å². The van der Waals surface area contributed by atoms with E-state index < -0.39 is 10.0 Å². The second kappa shape index (κ2) is 7.23. The van der Waals surface area contributed by atoms with Crippen LogP contribution in [0.2, 0.25) is 0 Å². The molecule has 1 aromatic heterocycles. The highest BCUT2D eigenvalue weighted by atomic mass is 32.2. The first-order valence-corrected chi connectivity index (χ1v) is 9.63. The first-order chi connectivity index (χ1) is 11.1. The minimum Gasteiger partial charge on any atom is -0.260 e. The van der Waals surface area contributed by atoms with Crippen LogP contribution in [0.4, 0.5) is 0 Å². The Bertz CT molecular complexity index is 721. The number of rotatable bonds is 5. The van der Waals surface area contributed by atoms with Crippen molar-refractivity contribution >= 4 is 10.0 Å². The van der Waals surface area contributed by atoms with Gasteiger partial charge in [-0.2, -0.15) is 0 Å². The van der Waals surface area contributed by atoms with E-state index in [2.05, 4.69) is 9.71 Å². The molecule has 0 spiro atoms. The van der Waals surface area contributed by atoms with E-state index in [1.807, 2.05) is 24.3 Å². The van der Waals surface area contributed by atoms with E-state index in [0.717, 1.165) is 0 Å². The number of sulfonamides is 1. The maximum Gasteiger partial charge on any atom is 0.240 e. The topological polar surface area (TPSA) is 59.1 Å². The number of nitrogens with zero attached hydrogens (tertiary/aromatic N) is 1. The van der Waals surface area contributed by atoms with Crippen LogP contribution in [0.1, 0.15) is 49.3 Å². The average molecular weight is 330 g/mol. The first-order valence-electron chi connectivity index (χ1n) is 8.15. The number of nitrogens with one attached hydrogen (secondary N) is 1. The lowest BCUT2D eigenvalue weighted by atomic mass is 9.84. The fourth-order valence-corrected chi connectivity index (χ4v) is 4.11. The predicted molar refractivity (Wildman–Crippen MR) is 90.5 cm³/mol.